The number of ether oxygens (including phenoxy) is 2. The van der Waals surface area contributed by atoms with Crippen molar-refractivity contribution in [2.75, 3.05) is 38.3 Å². The summed E-state index contributed by atoms with van der Waals surface area (Å²) in [5.41, 5.74) is 0. The van der Waals surface area contributed by atoms with Gasteiger partial charge < -0.3 is 14.4 Å². The fourth-order valence-corrected chi connectivity index (χ4v) is 1.96. The van der Waals surface area contributed by atoms with Crippen LogP contribution >= 0.6 is 11.5 Å². The molecule has 0 saturated carbocycles. The highest BCUT2D eigenvalue weighted by Crippen LogP contribution is 2.20. The quantitative estimate of drug-likeness (QED) is 0.706. The van der Waals surface area contributed by atoms with Gasteiger partial charge in [0.15, 0.2) is 6.61 Å². The van der Waals surface area contributed by atoms with E-state index in [1.807, 2.05) is 6.92 Å². The van der Waals surface area contributed by atoms with Crippen molar-refractivity contribution >= 4 is 16.7 Å². The van der Waals surface area contributed by atoms with Gasteiger partial charge in [0, 0.05) is 38.2 Å². The van der Waals surface area contributed by atoms with E-state index in [0.29, 0.717) is 19.2 Å². The zero-order valence-electron chi connectivity index (χ0n) is 11.1. The Bertz CT molecular complexity index is 398. The minimum absolute atomic E-state index is 0.341. The standard InChI is InChI=1S/C12H19N3O2S/c1-4-6-7-9-17-11-13-12(18-14-11)15(5-2)8-10-16-3/h4-5,8-10H2,1-3H3. The van der Waals surface area contributed by atoms with Gasteiger partial charge in [0.25, 0.3) is 0 Å². The topological polar surface area (TPSA) is 47.5 Å². The highest BCUT2D eigenvalue weighted by atomic mass is 32.1. The lowest BCUT2D eigenvalue weighted by Gasteiger charge is -2.17. The molecule has 0 unspecified atom stereocenters. The van der Waals surface area contributed by atoms with Crippen molar-refractivity contribution in [1.82, 2.24) is 9.36 Å². The van der Waals surface area contributed by atoms with Crippen molar-refractivity contribution in [1.29, 1.82) is 0 Å². The van der Waals surface area contributed by atoms with Gasteiger partial charge in [-0.25, -0.2) is 0 Å². The number of aromatic nitrogens is 2. The number of methoxy groups -OCH3 is 1. The first-order chi connectivity index (χ1) is 8.81. The first-order valence-corrected chi connectivity index (χ1v) is 6.75. The van der Waals surface area contributed by atoms with Crippen LogP contribution < -0.4 is 9.64 Å². The third kappa shape index (κ3) is 4.90. The zero-order chi connectivity index (χ0) is 13.2. The fourth-order valence-electron chi connectivity index (χ4n) is 1.26. The maximum atomic E-state index is 5.34. The highest BCUT2D eigenvalue weighted by Gasteiger charge is 2.11. The van der Waals surface area contributed by atoms with Crippen LogP contribution in [0.2, 0.25) is 0 Å². The molecular weight excluding hydrogens is 250 g/mol. The number of nitrogens with zero attached hydrogens (tertiary/aromatic N) is 3. The van der Waals surface area contributed by atoms with E-state index in [2.05, 4.69) is 33.0 Å². The average Bonchev–Trinajstić information content (AvgIpc) is 2.84. The van der Waals surface area contributed by atoms with Crippen LogP contribution in [0.1, 0.15) is 20.3 Å². The maximum absolute atomic E-state index is 5.34. The Kier molecular flexibility index (Phi) is 7.14. The molecule has 1 heterocycles. The second kappa shape index (κ2) is 8.72. The summed E-state index contributed by atoms with van der Waals surface area (Å²) in [5, 5.41) is 0.855. The van der Waals surface area contributed by atoms with Crippen molar-refractivity contribution in [3.63, 3.8) is 0 Å². The van der Waals surface area contributed by atoms with E-state index in [4.69, 9.17) is 9.47 Å². The lowest BCUT2D eigenvalue weighted by Crippen LogP contribution is -2.26. The lowest BCUT2D eigenvalue weighted by molar-refractivity contribution is 0.205. The molecule has 0 aliphatic carbocycles. The van der Waals surface area contributed by atoms with E-state index in [0.717, 1.165) is 24.6 Å². The summed E-state index contributed by atoms with van der Waals surface area (Å²) in [6.07, 6.45) is 0.833. The van der Waals surface area contributed by atoms with Crippen LogP contribution in [0.25, 0.3) is 0 Å². The normalized spacial score (nSPS) is 9.72. The van der Waals surface area contributed by atoms with Gasteiger partial charge in [-0.1, -0.05) is 12.8 Å². The molecular formula is C12H19N3O2S. The number of hydrogen-bond acceptors (Lipinski definition) is 6. The fraction of sp³-hybridized carbons (Fsp3) is 0.667. The third-order valence-corrected chi connectivity index (χ3v) is 2.95. The van der Waals surface area contributed by atoms with Crippen molar-refractivity contribution < 1.29 is 9.47 Å². The van der Waals surface area contributed by atoms with Gasteiger partial charge >= 0.3 is 6.01 Å². The summed E-state index contributed by atoms with van der Waals surface area (Å²) < 4.78 is 14.6. The Balaban J connectivity index is 2.49. The van der Waals surface area contributed by atoms with Crippen LogP contribution in [0.5, 0.6) is 6.01 Å². The molecule has 0 saturated heterocycles. The van der Waals surface area contributed by atoms with Crippen molar-refractivity contribution in [2.45, 2.75) is 20.3 Å². The first-order valence-electron chi connectivity index (χ1n) is 5.97. The van der Waals surface area contributed by atoms with Crippen LogP contribution in [0, 0.1) is 11.8 Å². The Morgan fingerprint density at radius 3 is 2.83 bits per heavy atom. The SMILES string of the molecule is CCC#CCOc1nsc(N(CC)CCOC)n1. The second-order valence-electron chi connectivity index (χ2n) is 3.43. The molecule has 1 rings (SSSR count). The minimum atomic E-state index is 0.341. The molecule has 0 bridgehead atoms. The molecule has 1 aromatic heterocycles. The number of rotatable bonds is 7. The second-order valence-corrected chi connectivity index (χ2v) is 4.16. The van der Waals surface area contributed by atoms with Crippen LogP contribution in [0.15, 0.2) is 0 Å². The van der Waals surface area contributed by atoms with E-state index in [1.165, 1.54) is 11.5 Å². The van der Waals surface area contributed by atoms with Gasteiger partial charge in [-0.2, -0.15) is 4.98 Å². The van der Waals surface area contributed by atoms with E-state index in [-0.39, 0.29) is 0 Å². The van der Waals surface area contributed by atoms with Crippen molar-refractivity contribution in [3.8, 4) is 17.9 Å². The predicted octanol–water partition coefficient (Wildman–Crippen LogP) is 1.80. The zero-order valence-corrected chi connectivity index (χ0v) is 11.9. The molecule has 0 N–H and O–H groups in total. The van der Waals surface area contributed by atoms with Gasteiger partial charge in [-0.3, -0.25) is 0 Å². The van der Waals surface area contributed by atoms with Crippen LogP contribution in [0.4, 0.5) is 5.13 Å². The van der Waals surface area contributed by atoms with Crippen molar-refractivity contribution in [2.24, 2.45) is 0 Å². The van der Waals surface area contributed by atoms with Crippen LogP contribution in [-0.4, -0.2) is 42.8 Å². The molecule has 0 aliphatic rings. The number of anilines is 1. The molecule has 0 amide bonds. The van der Waals surface area contributed by atoms with Gasteiger partial charge in [-0.05, 0) is 6.92 Å². The van der Waals surface area contributed by atoms with E-state index in [9.17, 15) is 0 Å². The molecule has 6 heteroatoms. The summed E-state index contributed by atoms with van der Waals surface area (Å²) in [4.78, 5) is 6.42. The van der Waals surface area contributed by atoms with Crippen LogP contribution in [0.3, 0.4) is 0 Å². The third-order valence-electron chi connectivity index (χ3n) is 2.19. The molecule has 100 valence electrons. The van der Waals surface area contributed by atoms with Gasteiger partial charge in [0.1, 0.15) is 0 Å². The molecule has 0 aromatic carbocycles. The van der Waals surface area contributed by atoms with Crippen LogP contribution in [-0.2, 0) is 4.74 Å². The lowest BCUT2D eigenvalue weighted by atomic mass is 10.5. The van der Waals surface area contributed by atoms with Gasteiger partial charge in [-0.15, -0.1) is 10.3 Å². The Morgan fingerprint density at radius 2 is 2.17 bits per heavy atom. The largest absolute Gasteiger partial charge is 0.450 e. The highest BCUT2D eigenvalue weighted by molar-refractivity contribution is 7.09. The predicted molar refractivity (Wildman–Crippen MR) is 73.2 cm³/mol. The maximum Gasteiger partial charge on any atom is 0.331 e. The summed E-state index contributed by atoms with van der Waals surface area (Å²) in [7, 11) is 1.69. The monoisotopic (exact) mass is 269 g/mol. The first kappa shape index (κ1) is 14.7. The number of hydrogen-bond donors (Lipinski definition) is 0. The Labute approximate surface area is 112 Å². The van der Waals surface area contributed by atoms with E-state index >= 15 is 0 Å². The summed E-state index contributed by atoms with van der Waals surface area (Å²) in [6.45, 7) is 6.76. The Hall–Kier alpha value is -1.32. The summed E-state index contributed by atoms with van der Waals surface area (Å²) in [6, 6.07) is 0.399. The molecule has 0 aliphatic heterocycles. The van der Waals surface area contributed by atoms with E-state index in [1.54, 1.807) is 7.11 Å². The molecule has 1 aromatic rings. The molecule has 5 nitrogen and oxygen atoms in total. The Morgan fingerprint density at radius 1 is 1.33 bits per heavy atom. The molecule has 0 fully saturated rings. The smallest absolute Gasteiger partial charge is 0.331 e. The van der Waals surface area contributed by atoms with Gasteiger partial charge in [0.05, 0.1) is 6.61 Å². The molecule has 18 heavy (non-hydrogen) atoms. The minimum Gasteiger partial charge on any atom is -0.450 e. The number of likely N-dealkylation sites (N-methyl/N-ethyl adjacent to an activating group) is 1. The molecule has 0 radical (unpaired) electrons. The van der Waals surface area contributed by atoms with Crippen molar-refractivity contribution in [3.05, 3.63) is 0 Å². The van der Waals surface area contributed by atoms with E-state index < -0.39 is 0 Å². The molecule has 0 spiro atoms. The summed E-state index contributed by atoms with van der Waals surface area (Å²) >= 11 is 1.33. The molecule has 0 atom stereocenters. The van der Waals surface area contributed by atoms with Gasteiger partial charge in [0.2, 0.25) is 5.13 Å². The average molecular weight is 269 g/mol. The summed E-state index contributed by atoms with van der Waals surface area (Å²) in [5.74, 6) is 5.82.